The number of aryl methyl sites for hydroxylation is 1. The second kappa shape index (κ2) is 7.02. The maximum Gasteiger partial charge on any atom is 0.250 e. The molecule has 0 amide bonds. The van der Waals surface area contributed by atoms with E-state index in [0.717, 1.165) is 22.5 Å². The molecule has 0 saturated carbocycles. The predicted octanol–water partition coefficient (Wildman–Crippen LogP) is 3.28. The lowest BCUT2D eigenvalue weighted by Gasteiger charge is -2.02. The van der Waals surface area contributed by atoms with Crippen LogP contribution in [0.25, 0.3) is 11.5 Å². The molecule has 2 aromatic heterocycles. The second-order valence-electron chi connectivity index (χ2n) is 5.07. The van der Waals surface area contributed by atoms with Crippen LogP contribution in [-0.4, -0.2) is 25.2 Å². The van der Waals surface area contributed by atoms with Gasteiger partial charge in [-0.15, -0.1) is 21.5 Å². The van der Waals surface area contributed by atoms with Crippen LogP contribution in [0.2, 0.25) is 4.34 Å². The molecule has 6 nitrogen and oxygen atoms in total. The molecule has 1 N–H and O–H groups in total. The lowest BCUT2D eigenvalue weighted by Crippen LogP contribution is -2.25. The average Bonchev–Trinajstić information content (AvgIpc) is 3.17. The number of thiophene rings is 1. The summed E-state index contributed by atoms with van der Waals surface area (Å²) in [6.07, 6.45) is 0.303. The minimum absolute atomic E-state index is 0.160. The average molecular weight is 384 g/mol. The van der Waals surface area contributed by atoms with Crippen molar-refractivity contribution in [1.29, 1.82) is 0 Å². The first kappa shape index (κ1) is 17.1. The summed E-state index contributed by atoms with van der Waals surface area (Å²) in [4.78, 5) is 0. The standard InChI is InChI=1S/C15H14ClN3O3S2/c1-10-2-4-11(5-3-10)15-19-18-13(22-15)8-9-17-24(20,21)14-7-6-12(16)23-14/h2-7,17H,8-9H2,1H3. The van der Waals surface area contributed by atoms with Crippen LogP contribution >= 0.6 is 22.9 Å². The molecule has 3 rings (SSSR count). The van der Waals surface area contributed by atoms with Gasteiger partial charge in [0, 0.05) is 18.5 Å². The van der Waals surface area contributed by atoms with Gasteiger partial charge in [-0.1, -0.05) is 29.3 Å². The van der Waals surface area contributed by atoms with E-state index in [1.54, 1.807) is 6.07 Å². The van der Waals surface area contributed by atoms with Gasteiger partial charge in [-0.05, 0) is 31.2 Å². The summed E-state index contributed by atoms with van der Waals surface area (Å²) in [5, 5.41) is 7.92. The topological polar surface area (TPSA) is 85.1 Å². The number of halogens is 1. The Morgan fingerprint density at radius 3 is 2.58 bits per heavy atom. The Hall–Kier alpha value is -1.74. The predicted molar refractivity (Wildman–Crippen MR) is 92.7 cm³/mol. The van der Waals surface area contributed by atoms with Gasteiger partial charge in [-0.25, -0.2) is 13.1 Å². The molecule has 0 atom stereocenters. The van der Waals surface area contributed by atoms with Gasteiger partial charge < -0.3 is 4.42 Å². The molecular formula is C15H14ClN3O3S2. The number of rotatable bonds is 6. The fourth-order valence-electron chi connectivity index (χ4n) is 1.97. The molecule has 0 saturated heterocycles. The quantitative estimate of drug-likeness (QED) is 0.706. The lowest BCUT2D eigenvalue weighted by molar-refractivity contribution is 0.502. The van der Waals surface area contributed by atoms with Gasteiger partial charge >= 0.3 is 0 Å². The van der Waals surface area contributed by atoms with E-state index in [2.05, 4.69) is 14.9 Å². The van der Waals surface area contributed by atoms with Crippen molar-refractivity contribution >= 4 is 33.0 Å². The SMILES string of the molecule is Cc1ccc(-c2nnc(CCNS(=O)(=O)c3ccc(Cl)s3)o2)cc1. The van der Waals surface area contributed by atoms with E-state index in [0.29, 0.717) is 22.5 Å². The van der Waals surface area contributed by atoms with Crippen molar-refractivity contribution in [2.75, 3.05) is 6.54 Å². The first-order valence-corrected chi connectivity index (χ1v) is 9.76. The number of nitrogens with one attached hydrogen (secondary N) is 1. The van der Waals surface area contributed by atoms with Gasteiger partial charge in [0.15, 0.2) is 0 Å². The van der Waals surface area contributed by atoms with Crippen LogP contribution in [0.5, 0.6) is 0 Å². The number of sulfonamides is 1. The third-order valence-electron chi connectivity index (χ3n) is 3.21. The molecule has 0 bridgehead atoms. The van der Waals surface area contributed by atoms with Crippen molar-refractivity contribution < 1.29 is 12.8 Å². The van der Waals surface area contributed by atoms with Crippen LogP contribution in [0.3, 0.4) is 0 Å². The normalized spacial score (nSPS) is 11.8. The first-order valence-electron chi connectivity index (χ1n) is 7.08. The highest BCUT2D eigenvalue weighted by molar-refractivity contribution is 7.91. The third-order valence-corrected chi connectivity index (χ3v) is 6.39. The van der Waals surface area contributed by atoms with E-state index in [1.807, 2.05) is 31.2 Å². The fourth-order valence-corrected chi connectivity index (χ4v) is 4.53. The summed E-state index contributed by atoms with van der Waals surface area (Å²) in [7, 11) is -3.57. The summed E-state index contributed by atoms with van der Waals surface area (Å²) >= 11 is 6.77. The number of hydrogen-bond acceptors (Lipinski definition) is 6. The van der Waals surface area contributed by atoms with Crippen LogP contribution in [0.4, 0.5) is 0 Å². The Bertz CT molecular complexity index is 933. The van der Waals surface area contributed by atoms with Gasteiger partial charge in [0.2, 0.25) is 21.8 Å². The van der Waals surface area contributed by atoms with Gasteiger partial charge in [0.05, 0.1) is 4.34 Å². The van der Waals surface area contributed by atoms with Crippen molar-refractivity contribution in [1.82, 2.24) is 14.9 Å². The molecule has 9 heteroatoms. The lowest BCUT2D eigenvalue weighted by atomic mass is 10.1. The minimum Gasteiger partial charge on any atom is -0.421 e. The molecule has 0 aliphatic carbocycles. The molecule has 3 aromatic rings. The number of nitrogens with zero attached hydrogens (tertiary/aromatic N) is 2. The molecular weight excluding hydrogens is 370 g/mol. The maximum absolute atomic E-state index is 12.1. The Labute approximate surface area is 148 Å². The Balaban J connectivity index is 1.61. The summed E-state index contributed by atoms with van der Waals surface area (Å²) in [6, 6.07) is 10.7. The second-order valence-corrected chi connectivity index (χ2v) is 8.78. The smallest absolute Gasteiger partial charge is 0.250 e. The number of benzene rings is 1. The molecule has 0 unspecified atom stereocenters. The minimum atomic E-state index is -3.57. The van der Waals surface area contributed by atoms with Crippen LogP contribution in [-0.2, 0) is 16.4 Å². The Kier molecular flexibility index (Phi) is 5.00. The molecule has 0 spiro atoms. The van der Waals surface area contributed by atoms with Crippen molar-refractivity contribution in [3.05, 3.63) is 52.2 Å². The largest absolute Gasteiger partial charge is 0.421 e. The van der Waals surface area contributed by atoms with Crippen molar-refractivity contribution in [3.8, 4) is 11.5 Å². The van der Waals surface area contributed by atoms with E-state index >= 15 is 0 Å². The number of hydrogen-bond donors (Lipinski definition) is 1. The summed E-state index contributed by atoms with van der Waals surface area (Å²) < 4.78 is 32.8. The molecule has 24 heavy (non-hydrogen) atoms. The third kappa shape index (κ3) is 4.02. The van der Waals surface area contributed by atoms with Gasteiger partial charge in [0.25, 0.3) is 0 Å². The summed E-state index contributed by atoms with van der Waals surface area (Å²) in [5.74, 6) is 0.787. The van der Waals surface area contributed by atoms with Crippen molar-refractivity contribution in [2.45, 2.75) is 17.6 Å². The van der Waals surface area contributed by atoms with Crippen molar-refractivity contribution in [3.63, 3.8) is 0 Å². The van der Waals surface area contributed by atoms with E-state index < -0.39 is 10.0 Å². The molecule has 0 aliphatic rings. The number of aromatic nitrogens is 2. The zero-order valence-electron chi connectivity index (χ0n) is 12.7. The highest BCUT2D eigenvalue weighted by atomic mass is 35.5. The molecule has 126 valence electrons. The Morgan fingerprint density at radius 2 is 1.92 bits per heavy atom. The maximum atomic E-state index is 12.1. The fraction of sp³-hybridized carbons (Fsp3) is 0.200. The van der Waals surface area contributed by atoms with E-state index in [9.17, 15) is 8.42 Å². The Morgan fingerprint density at radius 1 is 1.17 bits per heavy atom. The van der Waals surface area contributed by atoms with Gasteiger partial charge in [0.1, 0.15) is 4.21 Å². The molecule has 2 heterocycles. The zero-order chi connectivity index (χ0) is 17.2. The molecule has 1 aromatic carbocycles. The van der Waals surface area contributed by atoms with E-state index in [4.69, 9.17) is 16.0 Å². The van der Waals surface area contributed by atoms with Gasteiger partial charge in [-0.2, -0.15) is 0 Å². The van der Waals surface area contributed by atoms with Gasteiger partial charge in [-0.3, -0.25) is 0 Å². The highest BCUT2D eigenvalue weighted by Gasteiger charge is 2.16. The van der Waals surface area contributed by atoms with Crippen molar-refractivity contribution in [2.24, 2.45) is 0 Å². The van der Waals surface area contributed by atoms with E-state index in [1.165, 1.54) is 6.07 Å². The molecule has 0 aliphatic heterocycles. The zero-order valence-corrected chi connectivity index (χ0v) is 15.1. The van der Waals surface area contributed by atoms with Crippen LogP contribution < -0.4 is 4.72 Å². The highest BCUT2D eigenvalue weighted by Crippen LogP contribution is 2.25. The monoisotopic (exact) mass is 383 g/mol. The summed E-state index contributed by atoms with van der Waals surface area (Å²) in [5.41, 5.74) is 1.97. The van der Waals surface area contributed by atoms with Crippen LogP contribution in [0, 0.1) is 6.92 Å². The first-order chi connectivity index (χ1) is 11.4. The van der Waals surface area contributed by atoms with E-state index in [-0.39, 0.29) is 10.8 Å². The molecule has 0 fully saturated rings. The van der Waals surface area contributed by atoms with Crippen LogP contribution in [0.1, 0.15) is 11.5 Å². The summed E-state index contributed by atoms with van der Waals surface area (Å²) in [6.45, 7) is 2.16. The molecule has 0 radical (unpaired) electrons. The van der Waals surface area contributed by atoms with Crippen LogP contribution in [0.15, 0.2) is 45.0 Å².